The van der Waals surface area contributed by atoms with Crippen LogP contribution in [0.4, 0.5) is 5.69 Å². The maximum absolute atomic E-state index is 10.0. The first-order valence-corrected chi connectivity index (χ1v) is 6.06. The SMILES string of the molecule is Oc1ccc2c(c1N1CCN(O)CC1)OCCO2. The fourth-order valence-electron chi connectivity index (χ4n) is 2.32. The van der Waals surface area contributed by atoms with Crippen LogP contribution < -0.4 is 14.4 Å². The molecule has 6 heteroatoms. The number of hydroxylamine groups is 2. The molecule has 0 unspecified atom stereocenters. The highest BCUT2D eigenvalue weighted by molar-refractivity contribution is 5.72. The quantitative estimate of drug-likeness (QED) is 0.766. The van der Waals surface area contributed by atoms with Gasteiger partial charge >= 0.3 is 0 Å². The summed E-state index contributed by atoms with van der Waals surface area (Å²) in [7, 11) is 0. The molecule has 2 aliphatic rings. The van der Waals surface area contributed by atoms with Crippen molar-refractivity contribution in [1.82, 2.24) is 5.06 Å². The van der Waals surface area contributed by atoms with E-state index >= 15 is 0 Å². The zero-order chi connectivity index (χ0) is 12.5. The van der Waals surface area contributed by atoms with Gasteiger partial charge in [0, 0.05) is 26.2 Å². The molecule has 18 heavy (non-hydrogen) atoms. The van der Waals surface area contributed by atoms with Crippen molar-refractivity contribution in [2.24, 2.45) is 0 Å². The third kappa shape index (κ3) is 1.93. The number of ether oxygens (including phenoxy) is 2. The summed E-state index contributed by atoms with van der Waals surface area (Å²) in [5, 5.41) is 20.7. The molecule has 0 saturated carbocycles. The Balaban J connectivity index is 1.95. The van der Waals surface area contributed by atoms with E-state index in [2.05, 4.69) is 0 Å². The second-order valence-electron chi connectivity index (χ2n) is 4.40. The molecule has 0 aromatic heterocycles. The lowest BCUT2D eigenvalue weighted by Crippen LogP contribution is -2.45. The molecular weight excluding hydrogens is 236 g/mol. The van der Waals surface area contributed by atoms with Crippen LogP contribution in [-0.4, -0.2) is 54.8 Å². The highest BCUT2D eigenvalue weighted by atomic mass is 16.6. The highest BCUT2D eigenvalue weighted by Gasteiger charge is 2.26. The summed E-state index contributed by atoms with van der Waals surface area (Å²) in [5.74, 6) is 1.46. The van der Waals surface area contributed by atoms with E-state index in [9.17, 15) is 10.3 Å². The molecule has 0 amide bonds. The van der Waals surface area contributed by atoms with Gasteiger partial charge in [-0.25, -0.2) is 0 Å². The zero-order valence-corrected chi connectivity index (χ0v) is 10.0. The summed E-state index contributed by atoms with van der Waals surface area (Å²) >= 11 is 0. The molecule has 0 spiro atoms. The Bertz CT molecular complexity index is 444. The van der Waals surface area contributed by atoms with Crippen LogP contribution in [0.25, 0.3) is 0 Å². The van der Waals surface area contributed by atoms with E-state index in [4.69, 9.17) is 9.47 Å². The molecule has 6 nitrogen and oxygen atoms in total. The number of hydrogen-bond acceptors (Lipinski definition) is 6. The Morgan fingerprint density at radius 1 is 1.00 bits per heavy atom. The molecule has 2 N–H and O–H groups in total. The standard InChI is InChI=1S/C12H16N2O4/c15-9-1-2-10-12(18-8-7-17-10)11(9)13-3-5-14(16)6-4-13/h1-2,15-16H,3-8H2. The lowest BCUT2D eigenvalue weighted by molar-refractivity contribution is -0.0936. The first kappa shape index (κ1) is 11.4. The fraction of sp³-hybridized carbons (Fsp3) is 0.500. The van der Waals surface area contributed by atoms with Gasteiger partial charge in [0.05, 0.1) is 0 Å². The van der Waals surface area contributed by atoms with Crippen LogP contribution >= 0.6 is 0 Å². The van der Waals surface area contributed by atoms with Crippen molar-refractivity contribution in [2.75, 3.05) is 44.3 Å². The number of nitrogens with zero attached hydrogens (tertiary/aromatic N) is 2. The molecule has 1 saturated heterocycles. The lowest BCUT2D eigenvalue weighted by atomic mass is 10.2. The van der Waals surface area contributed by atoms with Gasteiger partial charge in [0.25, 0.3) is 0 Å². The van der Waals surface area contributed by atoms with Gasteiger partial charge in [0.2, 0.25) is 0 Å². The first-order chi connectivity index (χ1) is 8.75. The number of anilines is 1. The normalized spacial score (nSPS) is 19.9. The van der Waals surface area contributed by atoms with Gasteiger partial charge in [-0.3, -0.25) is 0 Å². The molecule has 0 radical (unpaired) electrons. The summed E-state index contributed by atoms with van der Waals surface area (Å²) in [6, 6.07) is 3.34. The van der Waals surface area contributed by atoms with Gasteiger partial charge < -0.3 is 24.7 Å². The van der Waals surface area contributed by atoms with Crippen LogP contribution in [0.1, 0.15) is 0 Å². The number of aromatic hydroxyl groups is 1. The molecule has 0 aliphatic carbocycles. The number of piperazine rings is 1. The van der Waals surface area contributed by atoms with E-state index in [0.29, 0.717) is 56.6 Å². The Kier molecular flexibility index (Phi) is 2.89. The molecule has 1 aromatic rings. The molecule has 3 rings (SSSR count). The Hall–Kier alpha value is -1.66. The minimum absolute atomic E-state index is 0.186. The van der Waals surface area contributed by atoms with Gasteiger partial charge in [-0.05, 0) is 12.1 Å². The van der Waals surface area contributed by atoms with E-state index in [1.807, 2.05) is 4.90 Å². The number of fused-ring (bicyclic) bond motifs is 1. The number of phenolic OH excluding ortho intramolecular Hbond substituents is 1. The average molecular weight is 252 g/mol. The van der Waals surface area contributed by atoms with Gasteiger partial charge in [-0.1, -0.05) is 0 Å². The predicted octanol–water partition coefficient (Wildman–Crippen LogP) is 0.675. The van der Waals surface area contributed by atoms with E-state index in [-0.39, 0.29) is 5.75 Å². The fourth-order valence-corrected chi connectivity index (χ4v) is 2.32. The minimum Gasteiger partial charge on any atom is -0.506 e. The molecule has 98 valence electrons. The van der Waals surface area contributed by atoms with Crippen molar-refractivity contribution in [3.63, 3.8) is 0 Å². The van der Waals surface area contributed by atoms with Crippen molar-refractivity contribution < 1.29 is 19.8 Å². The minimum atomic E-state index is 0.186. The van der Waals surface area contributed by atoms with Crippen LogP contribution in [0.3, 0.4) is 0 Å². The topological polar surface area (TPSA) is 65.4 Å². The Labute approximate surface area is 105 Å². The van der Waals surface area contributed by atoms with Crippen molar-refractivity contribution in [2.45, 2.75) is 0 Å². The number of phenols is 1. The van der Waals surface area contributed by atoms with Crippen molar-refractivity contribution in [1.29, 1.82) is 0 Å². The van der Waals surface area contributed by atoms with Crippen LogP contribution in [0.15, 0.2) is 12.1 Å². The van der Waals surface area contributed by atoms with Crippen LogP contribution in [0.5, 0.6) is 17.2 Å². The van der Waals surface area contributed by atoms with Gasteiger partial charge in [0.1, 0.15) is 24.7 Å². The summed E-state index contributed by atoms with van der Waals surface area (Å²) in [4.78, 5) is 2.01. The number of hydrogen-bond donors (Lipinski definition) is 2. The lowest BCUT2D eigenvalue weighted by Gasteiger charge is -2.35. The largest absolute Gasteiger partial charge is 0.506 e. The third-order valence-corrected chi connectivity index (χ3v) is 3.23. The van der Waals surface area contributed by atoms with Gasteiger partial charge in [-0.15, -0.1) is 0 Å². The van der Waals surface area contributed by atoms with E-state index in [1.54, 1.807) is 12.1 Å². The second kappa shape index (κ2) is 4.55. The summed E-state index contributed by atoms with van der Waals surface area (Å²) in [5.41, 5.74) is 0.667. The van der Waals surface area contributed by atoms with E-state index in [1.165, 1.54) is 5.06 Å². The van der Waals surface area contributed by atoms with Crippen molar-refractivity contribution in [3.8, 4) is 17.2 Å². The van der Waals surface area contributed by atoms with E-state index in [0.717, 1.165) is 0 Å². The smallest absolute Gasteiger partial charge is 0.188 e. The first-order valence-electron chi connectivity index (χ1n) is 6.06. The molecular formula is C12H16N2O4. The molecule has 0 bridgehead atoms. The molecule has 1 fully saturated rings. The number of rotatable bonds is 1. The van der Waals surface area contributed by atoms with Crippen molar-refractivity contribution in [3.05, 3.63) is 12.1 Å². The molecule has 1 aromatic carbocycles. The molecule has 2 heterocycles. The van der Waals surface area contributed by atoms with Crippen LogP contribution in [0.2, 0.25) is 0 Å². The van der Waals surface area contributed by atoms with Gasteiger partial charge in [-0.2, -0.15) is 5.06 Å². The molecule has 0 atom stereocenters. The van der Waals surface area contributed by atoms with E-state index < -0.39 is 0 Å². The monoisotopic (exact) mass is 252 g/mol. The Morgan fingerprint density at radius 2 is 1.72 bits per heavy atom. The molecule has 2 aliphatic heterocycles. The van der Waals surface area contributed by atoms with Crippen LogP contribution in [-0.2, 0) is 0 Å². The van der Waals surface area contributed by atoms with Crippen molar-refractivity contribution >= 4 is 5.69 Å². The number of benzene rings is 1. The van der Waals surface area contributed by atoms with Crippen LogP contribution in [0, 0.1) is 0 Å². The second-order valence-corrected chi connectivity index (χ2v) is 4.40. The summed E-state index contributed by atoms with van der Waals surface area (Å²) in [6.45, 7) is 3.40. The highest BCUT2D eigenvalue weighted by Crippen LogP contribution is 2.45. The summed E-state index contributed by atoms with van der Waals surface area (Å²) in [6.07, 6.45) is 0. The van der Waals surface area contributed by atoms with Gasteiger partial charge in [0.15, 0.2) is 11.5 Å². The summed E-state index contributed by atoms with van der Waals surface area (Å²) < 4.78 is 11.1. The Morgan fingerprint density at radius 3 is 2.50 bits per heavy atom. The average Bonchev–Trinajstić information content (AvgIpc) is 2.40. The predicted molar refractivity (Wildman–Crippen MR) is 64.7 cm³/mol. The maximum Gasteiger partial charge on any atom is 0.188 e. The zero-order valence-electron chi connectivity index (χ0n) is 10.0. The third-order valence-electron chi connectivity index (χ3n) is 3.23. The maximum atomic E-state index is 10.0.